The highest BCUT2D eigenvalue weighted by Gasteiger charge is 2.41. The third-order valence-corrected chi connectivity index (χ3v) is 5.70. The zero-order valence-electron chi connectivity index (χ0n) is 15.5. The van der Waals surface area contributed by atoms with Crippen molar-refractivity contribution in [3.05, 3.63) is 0 Å². The molecular formula is C18H37N3O. The fourth-order valence-electron chi connectivity index (χ4n) is 4.09. The van der Waals surface area contributed by atoms with Crippen molar-refractivity contribution in [2.45, 2.75) is 84.2 Å². The minimum Gasteiger partial charge on any atom is -0.389 e. The van der Waals surface area contributed by atoms with Gasteiger partial charge in [0, 0.05) is 37.8 Å². The first-order valence-corrected chi connectivity index (χ1v) is 9.16. The van der Waals surface area contributed by atoms with E-state index in [0.29, 0.717) is 18.1 Å². The number of piperazine rings is 1. The highest BCUT2D eigenvalue weighted by Crippen LogP contribution is 2.28. The number of likely N-dealkylation sites (tertiary alicyclic amines) is 1. The molecule has 1 N–H and O–H groups in total. The lowest BCUT2D eigenvalue weighted by Gasteiger charge is -2.52. The zero-order valence-corrected chi connectivity index (χ0v) is 15.5. The first-order chi connectivity index (χ1) is 10.2. The molecule has 0 aromatic heterocycles. The van der Waals surface area contributed by atoms with Gasteiger partial charge in [0.2, 0.25) is 0 Å². The first-order valence-electron chi connectivity index (χ1n) is 9.16. The van der Waals surface area contributed by atoms with Gasteiger partial charge in [0.15, 0.2) is 0 Å². The van der Waals surface area contributed by atoms with Gasteiger partial charge < -0.3 is 10.0 Å². The standard InChI is InChI=1S/C18H37N3O/c1-14(2)19-9-7-16(8-10-19)21-12-11-20(15(3)4)13-17(21)18(5,6)22/h14-17,22H,7-13H2,1-6H3/t17-/m1/s1. The molecule has 22 heavy (non-hydrogen) atoms. The fourth-order valence-corrected chi connectivity index (χ4v) is 4.09. The maximum absolute atomic E-state index is 10.7. The van der Waals surface area contributed by atoms with Crippen LogP contribution >= 0.6 is 0 Å². The van der Waals surface area contributed by atoms with Crippen LogP contribution < -0.4 is 0 Å². The van der Waals surface area contributed by atoms with Crippen LogP contribution in [0.4, 0.5) is 0 Å². The van der Waals surface area contributed by atoms with Gasteiger partial charge in [0.25, 0.3) is 0 Å². The Morgan fingerprint density at radius 1 is 0.864 bits per heavy atom. The molecule has 2 aliphatic rings. The number of rotatable bonds is 4. The molecular weight excluding hydrogens is 274 g/mol. The predicted molar refractivity (Wildman–Crippen MR) is 93.2 cm³/mol. The largest absolute Gasteiger partial charge is 0.389 e. The highest BCUT2D eigenvalue weighted by atomic mass is 16.3. The summed E-state index contributed by atoms with van der Waals surface area (Å²) in [6, 6.07) is 2.11. The topological polar surface area (TPSA) is 30.0 Å². The van der Waals surface area contributed by atoms with E-state index in [1.807, 2.05) is 13.8 Å². The summed E-state index contributed by atoms with van der Waals surface area (Å²) in [4.78, 5) is 7.72. The summed E-state index contributed by atoms with van der Waals surface area (Å²) in [6.07, 6.45) is 2.48. The van der Waals surface area contributed by atoms with E-state index in [-0.39, 0.29) is 6.04 Å². The van der Waals surface area contributed by atoms with Crippen molar-refractivity contribution < 1.29 is 5.11 Å². The third kappa shape index (κ3) is 4.22. The molecule has 0 amide bonds. The molecule has 0 aromatic carbocycles. The Bertz CT molecular complexity index is 343. The van der Waals surface area contributed by atoms with Gasteiger partial charge in [-0.1, -0.05) is 0 Å². The van der Waals surface area contributed by atoms with E-state index >= 15 is 0 Å². The summed E-state index contributed by atoms with van der Waals surface area (Å²) in [7, 11) is 0. The summed E-state index contributed by atoms with van der Waals surface area (Å²) >= 11 is 0. The summed E-state index contributed by atoms with van der Waals surface area (Å²) < 4.78 is 0. The lowest BCUT2D eigenvalue weighted by atomic mass is 9.90. The minimum atomic E-state index is -0.636. The van der Waals surface area contributed by atoms with Gasteiger partial charge in [-0.3, -0.25) is 9.80 Å². The molecule has 2 aliphatic heterocycles. The smallest absolute Gasteiger partial charge is 0.0758 e. The maximum Gasteiger partial charge on any atom is 0.0758 e. The van der Waals surface area contributed by atoms with E-state index in [0.717, 1.165) is 19.6 Å². The van der Waals surface area contributed by atoms with E-state index in [9.17, 15) is 5.11 Å². The van der Waals surface area contributed by atoms with Gasteiger partial charge in [-0.25, -0.2) is 0 Å². The summed E-state index contributed by atoms with van der Waals surface area (Å²) in [5, 5.41) is 10.7. The summed E-state index contributed by atoms with van der Waals surface area (Å²) in [6.45, 7) is 18.7. The van der Waals surface area contributed by atoms with Crippen molar-refractivity contribution in [3.63, 3.8) is 0 Å². The second-order valence-electron chi connectivity index (χ2n) is 8.36. The Balaban J connectivity index is 2.03. The van der Waals surface area contributed by atoms with Gasteiger partial charge >= 0.3 is 0 Å². The Morgan fingerprint density at radius 3 is 1.86 bits per heavy atom. The number of piperidine rings is 1. The van der Waals surface area contributed by atoms with Crippen LogP contribution in [0.2, 0.25) is 0 Å². The second-order valence-corrected chi connectivity index (χ2v) is 8.36. The summed E-state index contributed by atoms with van der Waals surface area (Å²) in [5.41, 5.74) is -0.636. The van der Waals surface area contributed by atoms with Crippen molar-refractivity contribution in [2.75, 3.05) is 32.7 Å². The molecule has 4 nitrogen and oxygen atoms in total. The maximum atomic E-state index is 10.7. The van der Waals surface area contributed by atoms with Crippen molar-refractivity contribution >= 4 is 0 Å². The predicted octanol–water partition coefficient (Wildman–Crippen LogP) is 2.02. The monoisotopic (exact) mass is 311 g/mol. The molecule has 0 saturated carbocycles. The molecule has 130 valence electrons. The molecule has 0 bridgehead atoms. The van der Waals surface area contributed by atoms with Crippen LogP contribution in [0.3, 0.4) is 0 Å². The molecule has 2 fully saturated rings. The van der Waals surface area contributed by atoms with Crippen LogP contribution in [0, 0.1) is 0 Å². The Hall–Kier alpha value is -0.160. The molecule has 2 saturated heterocycles. The molecule has 2 rings (SSSR count). The first kappa shape index (κ1) is 18.2. The summed E-state index contributed by atoms with van der Waals surface area (Å²) in [5.74, 6) is 0. The van der Waals surface area contributed by atoms with E-state index < -0.39 is 5.60 Å². The van der Waals surface area contributed by atoms with E-state index in [2.05, 4.69) is 42.4 Å². The molecule has 0 aliphatic carbocycles. The van der Waals surface area contributed by atoms with Crippen LogP contribution in [0.5, 0.6) is 0 Å². The van der Waals surface area contributed by atoms with Crippen molar-refractivity contribution in [1.29, 1.82) is 0 Å². The third-order valence-electron chi connectivity index (χ3n) is 5.70. The molecule has 1 atom stereocenters. The van der Waals surface area contributed by atoms with Crippen molar-refractivity contribution in [1.82, 2.24) is 14.7 Å². The van der Waals surface area contributed by atoms with Gasteiger partial charge in [-0.15, -0.1) is 0 Å². The van der Waals surface area contributed by atoms with Crippen molar-refractivity contribution in [3.8, 4) is 0 Å². The number of nitrogens with zero attached hydrogens (tertiary/aromatic N) is 3. The van der Waals surface area contributed by atoms with E-state index in [1.165, 1.54) is 25.9 Å². The number of hydrogen-bond acceptors (Lipinski definition) is 4. The van der Waals surface area contributed by atoms with Crippen LogP contribution in [-0.4, -0.2) is 82.3 Å². The quantitative estimate of drug-likeness (QED) is 0.860. The van der Waals surface area contributed by atoms with Crippen LogP contribution in [0.15, 0.2) is 0 Å². The normalized spacial score (nSPS) is 28.0. The number of aliphatic hydroxyl groups is 1. The van der Waals surface area contributed by atoms with Crippen LogP contribution in [0.1, 0.15) is 54.4 Å². The van der Waals surface area contributed by atoms with Crippen LogP contribution in [-0.2, 0) is 0 Å². The fraction of sp³-hybridized carbons (Fsp3) is 1.00. The van der Waals surface area contributed by atoms with Gasteiger partial charge in [0.1, 0.15) is 0 Å². The Morgan fingerprint density at radius 2 is 1.41 bits per heavy atom. The molecule has 2 heterocycles. The zero-order chi connectivity index (χ0) is 16.5. The van der Waals surface area contributed by atoms with Gasteiger partial charge in [0.05, 0.1) is 11.6 Å². The molecule has 4 heteroatoms. The Labute approximate surface area is 137 Å². The average molecular weight is 312 g/mol. The SMILES string of the molecule is CC(C)N1CCC(N2CCN(C(C)C)C[C@@H]2C(C)(C)O)CC1. The average Bonchev–Trinajstić information content (AvgIpc) is 2.45. The van der Waals surface area contributed by atoms with Gasteiger partial charge in [-0.2, -0.15) is 0 Å². The molecule has 0 aromatic rings. The lowest BCUT2D eigenvalue weighted by molar-refractivity contribution is -0.0870. The van der Waals surface area contributed by atoms with E-state index in [4.69, 9.17) is 0 Å². The van der Waals surface area contributed by atoms with Crippen LogP contribution in [0.25, 0.3) is 0 Å². The van der Waals surface area contributed by atoms with Gasteiger partial charge in [-0.05, 0) is 67.5 Å². The van der Waals surface area contributed by atoms with Crippen molar-refractivity contribution in [2.24, 2.45) is 0 Å². The molecule has 0 spiro atoms. The number of hydrogen-bond donors (Lipinski definition) is 1. The molecule has 0 radical (unpaired) electrons. The minimum absolute atomic E-state index is 0.249. The highest BCUT2D eigenvalue weighted by molar-refractivity contribution is 4.97. The van der Waals surface area contributed by atoms with E-state index in [1.54, 1.807) is 0 Å². The second kappa shape index (κ2) is 7.16. The molecule has 0 unspecified atom stereocenters. The lowest BCUT2D eigenvalue weighted by Crippen LogP contribution is -2.65. The Kier molecular flexibility index (Phi) is 5.92.